The predicted octanol–water partition coefficient (Wildman–Crippen LogP) is 4.71. The summed E-state index contributed by atoms with van der Waals surface area (Å²) in [7, 11) is 3.33. The number of carbonyl (C=O) groups excluding carboxylic acids is 1. The molecule has 0 radical (unpaired) electrons. The molecule has 1 N–H and O–H groups in total. The zero-order valence-corrected chi connectivity index (χ0v) is 18.3. The molecule has 7 nitrogen and oxygen atoms in total. The minimum Gasteiger partial charge on any atom is -0.497 e. The fourth-order valence-electron chi connectivity index (χ4n) is 2.82. The van der Waals surface area contributed by atoms with Crippen LogP contribution in [0.4, 0.5) is 18.9 Å². The molecular weight excluding hydrogens is 445 g/mol. The van der Waals surface area contributed by atoms with Crippen LogP contribution in [-0.2, 0) is 18.0 Å². The van der Waals surface area contributed by atoms with E-state index in [1.165, 1.54) is 12.1 Å². The van der Waals surface area contributed by atoms with Crippen molar-refractivity contribution in [2.75, 3.05) is 18.2 Å². The Hall–Kier alpha value is -3.21. The summed E-state index contributed by atoms with van der Waals surface area (Å²) in [4.78, 5) is 12.2. The van der Waals surface area contributed by atoms with Crippen LogP contribution in [0.15, 0.2) is 53.7 Å². The van der Waals surface area contributed by atoms with Gasteiger partial charge in [0, 0.05) is 12.7 Å². The monoisotopic (exact) mass is 466 g/mol. The summed E-state index contributed by atoms with van der Waals surface area (Å²) < 4.78 is 51.1. The summed E-state index contributed by atoms with van der Waals surface area (Å²) in [6, 6.07) is 11.6. The number of thioether (sulfide) groups is 1. The summed E-state index contributed by atoms with van der Waals surface area (Å²) in [6.45, 7) is 1.82. The molecule has 3 aromatic rings. The second kappa shape index (κ2) is 9.94. The minimum absolute atomic E-state index is 0.0457. The molecule has 0 saturated heterocycles. The highest BCUT2D eigenvalue weighted by Crippen LogP contribution is 2.31. The summed E-state index contributed by atoms with van der Waals surface area (Å²) in [5.41, 5.74) is -0.752. The van der Waals surface area contributed by atoms with E-state index in [0.717, 1.165) is 23.9 Å². The molecule has 1 unspecified atom stereocenters. The quantitative estimate of drug-likeness (QED) is 0.485. The smallest absolute Gasteiger partial charge is 0.416 e. The summed E-state index contributed by atoms with van der Waals surface area (Å²) in [5.74, 6) is 1.40. The van der Waals surface area contributed by atoms with Crippen molar-refractivity contribution in [1.82, 2.24) is 14.8 Å². The molecule has 2 aromatic carbocycles. The number of hydrogen-bond acceptors (Lipinski definition) is 6. The normalized spacial score (nSPS) is 12.3. The van der Waals surface area contributed by atoms with E-state index in [4.69, 9.17) is 9.47 Å². The van der Waals surface area contributed by atoms with E-state index in [0.29, 0.717) is 22.5 Å². The lowest BCUT2D eigenvalue weighted by atomic mass is 10.2. The van der Waals surface area contributed by atoms with E-state index >= 15 is 0 Å². The molecule has 0 aliphatic rings. The van der Waals surface area contributed by atoms with Gasteiger partial charge in [-0.2, -0.15) is 13.2 Å². The summed E-state index contributed by atoms with van der Waals surface area (Å²) in [6.07, 6.45) is -4.89. The van der Waals surface area contributed by atoms with Crippen molar-refractivity contribution in [2.24, 2.45) is 7.05 Å². The molecule has 170 valence electrons. The number of amides is 1. The first-order valence-electron chi connectivity index (χ1n) is 9.47. The maximum atomic E-state index is 12.8. The van der Waals surface area contributed by atoms with Crippen LogP contribution in [0.2, 0.25) is 0 Å². The Labute approximate surface area is 186 Å². The first kappa shape index (κ1) is 23.5. The number of alkyl halides is 3. The van der Waals surface area contributed by atoms with Gasteiger partial charge in [-0.15, -0.1) is 10.2 Å². The van der Waals surface area contributed by atoms with Gasteiger partial charge in [0.1, 0.15) is 11.5 Å². The molecule has 11 heteroatoms. The molecule has 32 heavy (non-hydrogen) atoms. The molecular formula is C21H21F3N4O3S. The first-order valence-corrected chi connectivity index (χ1v) is 10.5. The van der Waals surface area contributed by atoms with Gasteiger partial charge in [-0.1, -0.05) is 17.8 Å². The number of rotatable bonds is 8. The van der Waals surface area contributed by atoms with Crippen LogP contribution in [0.3, 0.4) is 0 Å². The van der Waals surface area contributed by atoms with E-state index in [9.17, 15) is 18.0 Å². The molecule has 0 fully saturated rings. The van der Waals surface area contributed by atoms with Gasteiger partial charge in [0.25, 0.3) is 0 Å². The van der Waals surface area contributed by atoms with E-state index < -0.39 is 23.8 Å². The molecule has 3 rings (SSSR count). The number of halogens is 3. The molecule has 1 atom stereocenters. The number of ether oxygens (including phenoxy) is 2. The predicted molar refractivity (Wildman–Crippen MR) is 114 cm³/mol. The minimum atomic E-state index is -4.48. The van der Waals surface area contributed by atoms with Crippen molar-refractivity contribution in [3.63, 3.8) is 0 Å². The van der Waals surface area contributed by atoms with Crippen molar-refractivity contribution < 1.29 is 27.4 Å². The molecule has 1 aromatic heterocycles. The van der Waals surface area contributed by atoms with E-state index in [2.05, 4.69) is 15.5 Å². The maximum Gasteiger partial charge on any atom is 0.416 e. The van der Waals surface area contributed by atoms with Crippen molar-refractivity contribution in [2.45, 2.75) is 24.4 Å². The first-order chi connectivity index (χ1) is 15.2. The van der Waals surface area contributed by atoms with Gasteiger partial charge in [-0.3, -0.25) is 4.79 Å². The van der Waals surface area contributed by atoms with E-state index in [1.54, 1.807) is 43.0 Å². The van der Waals surface area contributed by atoms with Crippen molar-refractivity contribution >= 4 is 23.4 Å². The number of benzene rings is 2. The molecule has 0 aliphatic carbocycles. The fraction of sp³-hybridized carbons (Fsp3) is 0.286. The third kappa shape index (κ3) is 5.94. The van der Waals surface area contributed by atoms with Crippen LogP contribution in [0, 0.1) is 0 Å². The zero-order valence-electron chi connectivity index (χ0n) is 17.5. The molecule has 0 aliphatic heterocycles. The Morgan fingerprint density at radius 2 is 1.84 bits per heavy atom. The lowest BCUT2D eigenvalue weighted by molar-refractivity contribution is -0.137. The van der Waals surface area contributed by atoms with Crippen molar-refractivity contribution in [3.8, 4) is 11.5 Å². The largest absolute Gasteiger partial charge is 0.497 e. The average Bonchev–Trinajstić information content (AvgIpc) is 3.13. The molecule has 1 heterocycles. The standard InChI is InChI=1S/C21H21F3N4O3S/c1-13(31-17-9-7-16(30-3)8-10-17)19-26-27-20(28(19)2)32-12-18(29)25-15-6-4-5-14(11-15)21(22,23)24/h4-11,13H,12H2,1-3H3,(H,25,29). The van der Waals surface area contributed by atoms with E-state index in [-0.39, 0.29) is 11.4 Å². The second-order valence-electron chi connectivity index (χ2n) is 6.75. The van der Waals surface area contributed by atoms with E-state index in [1.807, 2.05) is 6.92 Å². The Kier molecular flexibility index (Phi) is 7.29. The third-order valence-corrected chi connectivity index (χ3v) is 5.43. The SMILES string of the molecule is COc1ccc(OC(C)c2nnc(SCC(=O)Nc3cccc(C(F)(F)F)c3)n2C)cc1. The molecule has 0 spiro atoms. The van der Waals surface area contributed by atoms with Crippen LogP contribution in [0.25, 0.3) is 0 Å². The highest BCUT2D eigenvalue weighted by molar-refractivity contribution is 7.99. The number of carbonyl (C=O) groups is 1. The highest BCUT2D eigenvalue weighted by atomic mass is 32.2. The summed E-state index contributed by atoms with van der Waals surface area (Å²) >= 11 is 1.12. The van der Waals surface area contributed by atoms with Crippen LogP contribution in [0.1, 0.15) is 24.4 Å². The van der Waals surface area contributed by atoms with Gasteiger partial charge < -0.3 is 19.4 Å². The number of anilines is 1. The molecule has 1 amide bonds. The summed E-state index contributed by atoms with van der Waals surface area (Å²) in [5, 5.41) is 11.2. The number of methoxy groups -OCH3 is 1. The third-order valence-electron chi connectivity index (χ3n) is 4.41. The number of nitrogens with one attached hydrogen (secondary N) is 1. The Morgan fingerprint density at radius 3 is 2.50 bits per heavy atom. The Bertz CT molecular complexity index is 1070. The van der Waals surface area contributed by atoms with Crippen molar-refractivity contribution in [3.05, 3.63) is 59.9 Å². The number of hydrogen-bond donors (Lipinski definition) is 1. The second-order valence-corrected chi connectivity index (χ2v) is 7.69. The van der Waals surface area contributed by atoms with Gasteiger partial charge >= 0.3 is 6.18 Å². The molecule has 0 bridgehead atoms. The highest BCUT2D eigenvalue weighted by Gasteiger charge is 2.30. The number of nitrogens with zero attached hydrogens (tertiary/aromatic N) is 3. The van der Waals surface area contributed by atoms with Crippen molar-refractivity contribution in [1.29, 1.82) is 0 Å². The van der Waals surface area contributed by atoms with Gasteiger partial charge in [0.15, 0.2) is 17.1 Å². The zero-order chi connectivity index (χ0) is 23.3. The topological polar surface area (TPSA) is 78.3 Å². The average molecular weight is 466 g/mol. The van der Waals surface area contributed by atoms with Gasteiger partial charge in [0.05, 0.1) is 18.4 Å². The lowest BCUT2D eigenvalue weighted by Gasteiger charge is -2.14. The maximum absolute atomic E-state index is 12.8. The van der Waals surface area contributed by atoms with Gasteiger partial charge in [-0.05, 0) is 49.4 Å². The Morgan fingerprint density at radius 1 is 1.16 bits per heavy atom. The Balaban J connectivity index is 1.57. The van der Waals surface area contributed by atoms with Crippen LogP contribution in [0.5, 0.6) is 11.5 Å². The number of aromatic nitrogens is 3. The lowest BCUT2D eigenvalue weighted by Crippen LogP contribution is -2.15. The molecule has 0 saturated carbocycles. The van der Waals surface area contributed by atoms with Gasteiger partial charge in [-0.25, -0.2) is 0 Å². The fourth-order valence-corrected chi connectivity index (χ4v) is 3.54. The van der Waals surface area contributed by atoms with Crippen LogP contribution >= 0.6 is 11.8 Å². The van der Waals surface area contributed by atoms with Gasteiger partial charge in [0.2, 0.25) is 5.91 Å². The van der Waals surface area contributed by atoms with Crippen LogP contribution < -0.4 is 14.8 Å². The van der Waals surface area contributed by atoms with Crippen LogP contribution in [-0.4, -0.2) is 33.5 Å².